The molecule has 2 N–H and O–H groups in total. The van der Waals surface area contributed by atoms with Crippen LogP contribution in [0.1, 0.15) is 30.4 Å². The van der Waals surface area contributed by atoms with E-state index in [0.717, 1.165) is 5.56 Å². The Bertz CT molecular complexity index is 1070. The summed E-state index contributed by atoms with van der Waals surface area (Å²) in [6.07, 6.45) is 0.186. The number of rotatable bonds is 10. The average Bonchev–Trinajstić information content (AvgIpc) is 3.14. The number of oxazole rings is 1. The van der Waals surface area contributed by atoms with Crippen molar-refractivity contribution < 1.29 is 23.8 Å². The van der Waals surface area contributed by atoms with Gasteiger partial charge in [-0.05, 0) is 43.2 Å². The van der Waals surface area contributed by atoms with E-state index in [2.05, 4.69) is 4.98 Å². The van der Waals surface area contributed by atoms with Gasteiger partial charge < -0.3 is 19.7 Å². The monoisotopic (exact) mass is 420 g/mol. The van der Waals surface area contributed by atoms with E-state index in [4.69, 9.17) is 19.7 Å². The van der Waals surface area contributed by atoms with Crippen LogP contribution in [0.4, 0.5) is 0 Å². The van der Waals surface area contributed by atoms with Gasteiger partial charge in [-0.25, -0.2) is 4.98 Å². The topological polar surface area (TPSA) is 113 Å². The highest BCUT2D eigenvalue weighted by atomic mass is 16.5. The normalized spacial score (nSPS) is 11.7. The van der Waals surface area contributed by atoms with E-state index in [1.54, 1.807) is 31.2 Å². The number of ether oxygens (including phenoxy) is 1. The van der Waals surface area contributed by atoms with Crippen molar-refractivity contribution >= 4 is 17.5 Å². The first-order valence-corrected chi connectivity index (χ1v) is 9.97. The number of hydrogen-bond acceptors (Lipinski definition) is 6. The second kappa shape index (κ2) is 9.84. The number of hydrogen-bond donors (Lipinski definition) is 2. The molecule has 0 amide bonds. The Labute approximate surface area is 180 Å². The van der Waals surface area contributed by atoms with Gasteiger partial charge in [-0.3, -0.25) is 9.59 Å². The first kappa shape index (κ1) is 22.0. The molecule has 160 valence electrons. The number of ketones is 1. The maximum absolute atomic E-state index is 12.2. The van der Waals surface area contributed by atoms with Crippen molar-refractivity contribution in [2.45, 2.75) is 33.3 Å². The minimum atomic E-state index is -1.15. The van der Waals surface area contributed by atoms with Crippen LogP contribution in [0.25, 0.3) is 11.5 Å². The van der Waals surface area contributed by atoms with Gasteiger partial charge in [-0.1, -0.05) is 37.3 Å². The van der Waals surface area contributed by atoms with Crippen molar-refractivity contribution in [2.24, 2.45) is 5.92 Å². The van der Waals surface area contributed by atoms with Gasteiger partial charge >= 0.3 is 5.97 Å². The fourth-order valence-electron chi connectivity index (χ4n) is 3.10. The van der Waals surface area contributed by atoms with Crippen LogP contribution in [0, 0.1) is 18.3 Å². The highest BCUT2D eigenvalue weighted by Crippen LogP contribution is 2.23. The molecule has 7 heteroatoms. The first-order chi connectivity index (χ1) is 14.9. The van der Waals surface area contributed by atoms with Gasteiger partial charge in [0.15, 0.2) is 5.78 Å². The van der Waals surface area contributed by atoms with Crippen LogP contribution < -0.4 is 4.74 Å². The van der Waals surface area contributed by atoms with Crippen molar-refractivity contribution in [3.05, 3.63) is 71.6 Å². The molecule has 0 bridgehead atoms. The number of Topliss-reactive ketones (excluding diaryl/α,β-unsaturated/α-hetero) is 1. The number of aryl methyl sites for hydroxylation is 1. The molecule has 0 spiro atoms. The summed E-state index contributed by atoms with van der Waals surface area (Å²) < 4.78 is 11.5. The first-order valence-electron chi connectivity index (χ1n) is 9.97. The molecule has 1 aromatic heterocycles. The highest BCUT2D eigenvalue weighted by molar-refractivity contribution is 6.42. The summed E-state index contributed by atoms with van der Waals surface area (Å²) in [5.41, 5.74) is 1.91. The maximum Gasteiger partial charge on any atom is 0.312 e. The number of carboxylic acid groups (broad SMARTS) is 1. The van der Waals surface area contributed by atoms with E-state index >= 15 is 0 Å². The Hall–Kier alpha value is -3.74. The van der Waals surface area contributed by atoms with E-state index in [0.29, 0.717) is 28.7 Å². The van der Waals surface area contributed by atoms with Gasteiger partial charge in [0.1, 0.15) is 29.7 Å². The molecule has 1 heterocycles. The van der Waals surface area contributed by atoms with E-state index in [1.165, 1.54) is 0 Å². The maximum atomic E-state index is 12.2. The smallest absolute Gasteiger partial charge is 0.312 e. The number of aliphatic carboxylic acids is 1. The standard InChI is InChI=1S/C24H24N2O5/c1-3-19(24(28)29)22(25)21(27)13-16-9-11-18(12-10-16)30-14-20-15(2)31-23(26-20)17-7-5-4-6-8-17/h4-12,19,25H,3,13-14H2,1-2H3,(H,28,29)/t19-/m1/s1. The lowest BCUT2D eigenvalue weighted by Crippen LogP contribution is -2.30. The van der Waals surface area contributed by atoms with Crippen molar-refractivity contribution in [3.8, 4) is 17.2 Å². The lowest BCUT2D eigenvalue weighted by Gasteiger charge is -2.11. The van der Waals surface area contributed by atoms with E-state index in [9.17, 15) is 9.59 Å². The Kier molecular flexibility index (Phi) is 6.97. The number of nitrogens with one attached hydrogen (secondary N) is 1. The molecule has 0 unspecified atom stereocenters. The molecule has 3 rings (SSSR count). The van der Waals surface area contributed by atoms with Gasteiger partial charge in [-0.15, -0.1) is 0 Å². The molecule has 31 heavy (non-hydrogen) atoms. The van der Waals surface area contributed by atoms with Crippen LogP contribution >= 0.6 is 0 Å². The summed E-state index contributed by atoms with van der Waals surface area (Å²) in [6.45, 7) is 3.72. The highest BCUT2D eigenvalue weighted by Gasteiger charge is 2.25. The third kappa shape index (κ3) is 5.45. The quantitative estimate of drug-likeness (QED) is 0.468. The van der Waals surface area contributed by atoms with Crippen LogP contribution in [0.2, 0.25) is 0 Å². The summed E-state index contributed by atoms with van der Waals surface area (Å²) >= 11 is 0. The summed E-state index contributed by atoms with van der Waals surface area (Å²) in [5, 5.41) is 17.0. The Morgan fingerprint density at radius 2 is 1.81 bits per heavy atom. The Morgan fingerprint density at radius 3 is 2.42 bits per heavy atom. The predicted molar refractivity (Wildman–Crippen MR) is 115 cm³/mol. The van der Waals surface area contributed by atoms with Crippen LogP contribution in [-0.4, -0.2) is 27.6 Å². The molecule has 0 saturated heterocycles. The molecule has 0 aliphatic heterocycles. The zero-order valence-corrected chi connectivity index (χ0v) is 17.4. The lowest BCUT2D eigenvalue weighted by molar-refractivity contribution is -0.139. The van der Waals surface area contributed by atoms with Gasteiger partial charge in [-0.2, -0.15) is 0 Å². The van der Waals surface area contributed by atoms with Crippen molar-refractivity contribution in [2.75, 3.05) is 0 Å². The SMILES string of the molecule is CC[C@H](C(=N)C(=O)Cc1ccc(OCc2nc(-c3ccccc3)oc2C)cc1)C(=O)O. The van der Waals surface area contributed by atoms with E-state index in [1.807, 2.05) is 37.3 Å². The zero-order valence-electron chi connectivity index (χ0n) is 17.4. The van der Waals surface area contributed by atoms with Crippen LogP contribution in [0.3, 0.4) is 0 Å². The van der Waals surface area contributed by atoms with E-state index < -0.39 is 17.7 Å². The second-order valence-corrected chi connectivity index (χ2v) is 7.13. The molecular formula is C24H24N2O5. The molecule has 3 aromatic rings. The van der Waals surface area contributed by atoms with Gasteiger partial charge in [0.25, 0.3) is 0 Å². The third-order valence-corrected chi connectivity index (χ3v) is 4.93. The molecule has 0 aliphatic rings. The van der Waals surface area contributed by atoms with Gasteiger partial charge in [0, 0.05) is 12.0 Å². The van der Waals surface area contributed by atoms with Crippen LogP contribution in [0.5, 0.6) is 5.75 Å². The molecular weight excluding hydrogens is 396 g/mol. The van der Waals surface area contributed by atoms with Crippen LogP contribution in [-0.2, 0) is 22.6 Å². The fourth-order valence-corrected chi connectivity index (χ4v) is 3.10. The third-order valence-electron chi connectivity index (χ3n) is 4.93. The van der Waals surface area contributed by atoms with E-state index in [-0.39, 0.29) is 25.2 Å². The molecule has 1 atom stereocenters. The molecule has 0 radical (unpaired) electrons. The van der Waals surface area contributed by atoms with Crippen molar-refractivity contribution in [1.29, 1.82) is 5.41 Å². The Morgan fingerprint density at radius 1 is 1.13 bits per heavy atom. The molecule has 0 fully saturated rings. The van der Waals surface area contributed by atoms with Crippen molar-refractivity contribution in [3.63, 3.8) is 0 Å². The number of benzene rings is 2. The summed E-state index contributed by atoms with van der Waals surface area (Å²) in [5.74, 6) is -0.880. The minimum absolute atomic E-state index is 0.0221. The molecule has 0 aliphatic carbocycles. The number of carbonyl (C=O) groups is 2. The summed E-state index contributed by atoms with van der Waals surface area (Å²) in [7, 11) is 0. The second-order valence-electron chi connectivity index (χ2n) is 7.13. The molecule has 2 aromatic carbocycles. The van der Waals surface area contributed by atoms with Gasteiger partial charge in [0.2, 0.25) is 5.89 Å². The molecule has 0 saturated carbocycles. The largest absolute Gasteiger partial charge is 0.487 e. The molecule has 7 nitrogen and oxygen atoms in total. The van der Waals surface area contributed by atoms with Gasteiger partial charge in [0.05, 0.1) is 5.71 Å². The fraction of sp³-hybridized carbons (Fsp3) is 0.250. The summed E-state index contributed by atoms with van der Waals surface area (Å²) in [4.78, 5) is 27.9. The zero-order chi connectivity index (χ0) is 22.4. The lowest BCUT2D eigenvalue weighted by atomic mass is 9.94. The van der Waals surface area contributed by atoms with Crippen molar-refractivity contribution in [1.82, 2.24) is 4.98 Å². The van der Waals surface area contributed by atoms with Crippen LogP contribution in [0.15, 0.2) is 59.0 Å². The number of carbonyl (C=O) groups excluding carboxylic acids is 1. The Balaban J connectivity index is 1.59. The minimum Gasteiger partial charge on any atom is -0.487 e. The number of nitrogens with zero attached hydrogens (tertiary/aromatic N) is 1. The predicted octanol–water partition coefficient (Wildman–Crippen LogP) is 4.47. The number of carboxylic acids is 1. The average molecular weight is 420 g/mol. The number of aromatic nitrogens is 1. The summed E-state index contributed by atoms with van der Waals surface area (Å²) in [6, 6.07) is 16.5.